The molecule has 20 heavy (non-hydrogen) atoms. The third-order valence-electron chi connectivity index (χ3n) is 3.88. The molecule has 1 aromatic carbocycles. The Balaban J connectivity index is 1.75. The first-order chi connectivity index (χ1) is 9.69. The molecule has 0 aliphatic carbocycles. The van der Waals surface area contributed by atoms with Gasteiger partial charge in [0.25, 0.3) is 0 Å². The highest BCUT2D eigenvalue weighted by atomic mass is 35.5. The van der Waals surface area contributed by atoms with Gasteiger partial charge in [-0.25, -0.2) is 0 Å². The predicted molar refractivity (Wildman–Crippen MR) is 80.8 cm³/mol. The van der Waals surface area contributed by atoms with Gasteiger partial charge < -0.3 is 10.0 Å². The standard InChI is InChI=1S/C16H22ClNO2/c17-15-7-1-4-13(10-15)5-2-8-16(20)18-9-3-6-14(11-18)12-19/h1,4,7,10,14,19H,2-3,5-6,8-9,11-12H2. The van der Waals surface area contributed by atoms with Crippen molar-refractivity contribution in [2.75, 3.05) is 19.7 Å². The maximum Gasteiger partial charge on any atom is 0.222 e. The molecule has 1 unspecified atom stereocenters. The van der Waals surface area contributed by atoms with Crippen molar-refractivity contribution in [3.8, 4) is 0 Å². The molecule has 1 heterocycles. The van der Waals surface area contributed by atoms with Crippen LogP contribution in [-0.4, -0.2) is 35.6 Å². The molecular formula is C16H22ClNO2. The minimum absolute atomic E-state index is 0.187. The Morgan fingerprint density at radius 3 is 3.05 bits per heavy atom. The summed E-state index contributed by atoms with van der Waals surface area (Å²) >= 11 is 5.94. The summed E-state index contributed by atoms with van der Waals surface area (Å²) in [7, 11) is 0. The lowest BCUT2D eigenvalue weighted by atomic mass is 9.98. The van der Waals surface area contributed by atoms with E-state index in [2.05, 4.69) is 0 Å². The molecule has 1 atom stereocenters. The van der Waals surface area contributed by atoms with Gasteiger partial charge in [0.05, 0.1) is 0 Å². The highest BCUT2D eigenvalue weighted by molar-refractivity contribution is 6.30. The van der Waals surface area contributed by atoms with Crippen molar-refractivity contribution in [1.82, 2.24) is 4.90 Å². The molecule has 1 aliphatic rings. The third-order valence-corrected chi connectivity index (χ3v) is 4.11. The smallest absolute Gasteiger partial charge is 0.222 e. The van der Waals surface area contributed by atoms with Gasteiger partial charge in [0.1, 0.15) is 0 Å². The number of benzene rings is 1. The van der Waals surface area contributed by atoms with Gasteiger partial charge in [-0.15, -0.1) is 0 Å². The first kappa shape index (κ1) is 15.3. The Bertz CT molecular complexity index is 450. The summed E-state index contributed by atoms with van der Waals surface area (Å²) in [5, 5.41) is 9.94. The number of halogens is 1. The monoisotopic (exact) mass is 295 g/mol. The van der Waals surface area contributed by atoms with Gasteiger partial charge in [-0.2, -0.15) is 0 Å². The lowest BCUT2D eigenvalue weighted by molar-refractivity contribution is -0.133. The van der Waals surface area contributed by atoms with Crippen LogP contribution in [0.2, 0.25) is 5.02 Å². The highest BCUT2D eigenvalue weighted by Gasteiger charge is 2.22. The van der Waals surface area contributed by atoms with Crippen LogP contribution in [0.5, 0.6) is 0 Å². The molecule has 1 aliphatic heterocycles. The summed E-state index contributed by atoms with van der Waals surface area (Å²) in [5.41, 5.74) is 1.18. The third kappa shape index (κ3) is 4.50. The van der Waals surface area contributed by atoms with Crippen LogP contribution in [0, 0.1) is 5.92 Å². The van der Waals surface area contributed by atoms with Crippen molar-refractivity contribution in [3.05, 3.63) is 34.9 Å². The van der Waals surface area contributed by atoms with E-state index in [4.69, 9.17) is 11.6 Å². The number of aryl methyl sites for hydroxylation is 1. The molecule has 3 nitrogen and oxygen atoms in total. The van der Waals surface area contributed by atoms with Crippen LogP contribution in [0.3, 0.4) is 0 Å². The maximum absolute atomic E-state index is 12.1. The van der Waals surface area contributed by atoms with Crippen molar-refractivity contribution >= 4 is 17.5 Å². The Morgan fingerprint density at radius 2 is 2.30 bits per heavy atom. The molecule has 110 valence electrons. The van der Waals surface area contributed by atoms with Crippen LogP contribution in [-0.2, 0) is 11.2 Å². The maximum atomic E-state index is 12.1. The fraction of sp³-hybridized carbons (Fsp3) is 0.562. The summed E-state index contributed by atoms with van der Waals surface area (Å²) in [6, 6.07) is 7.79. The van der Waals surface area contributed by atoms with Gasteiger partial charge in [0.15, 0.2) is 0 Å². The summed E-state index contributed by atoms with van der Waals surface area (Å²) in [6.45, 7) is 1.74. The number of rotatable bonds is 5. The van der Waals surface area contributed by atoms with Crippen LogP contribution in [0.1, 0.15) is 31.2 Å². The number of piperidine rings is 1. The minimum Gasteiger partial charge on any atom is -0.396 e. The second-order valence-corrected chi connectivity index (χ2v) is 5.95. The average Bonchev–Trinajstić information content (AvgIpc) is 2.47. The van der Waals surface area contributed by atoms with E-state index in [0.29, 0.717) is 13.0 Å². The number of aliphatic hydroxyl groups excluding tert-OH is 1. The molecule has 1 N–H and O–H groups in total. The molecule has 1 amide bonds. The SMILES string of the molecule is O=C(CCCc1cccc(Cl)c1)N1CCCC(CO)C1. The average molecular weight is 296 g/mol. The highest BCUT2D eigenvalue weighted by Crippen LogP contribution is 2.18. The molecule has 0 radical (unpaired) electrons. The van der Waals surface area contributed by atoms with Gasteiger partial charge in [-0.3, -0.25) is 4.79 Å². The number of nitrogens with zero attached hydrogens (tertiary/aromatic N) is 1. The van der Waals surface area contributed by atoms with Crippen molar-refractivity contribution in [2.24, 2.45) is 5.92 Å². The predicted octanol–water partition coefficient (Wildman–Crippen LogP) is 2.89. The number of hydrogen-bond acceptors (Lipinski definition) is 2. The zero-order valence-corrected chi connectivity index (χ0v) is 12.5. The number of carbonyl (C=O) groups excluding carboxylic acids is 1. The van der Waals surface area contributed by atoms with Gasteiger partial charge in [-0.1, -0.05) is 23.7 Å². The second kappa shape index (κ2) is 7.65. The Hall–Kier alpha value is -1.06. The lowest BCUT2D eigenvalue weighted by Crippen LogP contribution is -2.40. The molecule has 0 saturated carbocycles. The summed E-state index contributed by atoms with van der Waals surface area (Å²) < 4.78 is 0. The normalized spacial score (nSPS) is 19.1. The zero-order chi connectivity index (χ0) is 14.4. The molecule has 1 aromatic rings. The second-order valence-electron chi connectivity index (χ2n) is 5.51. The fourth-order valence-electron chi connectivity index (χ4n) is 2.73. The summed E-state index contributed by atoms with van der Waals surface area (Å²) in [4.78, 5) is 14.0. The van der Waals surface area contributed by atoms with Crippen molar-refractivity contribution in [2.45, 2.75) is 32.1 Å². The molecule has 1 saturated heterocycles. The summed E-state index contributed by atoms with van der Waals surface area (Å²) in [5.74, 6) is 0.478. The van der Waals surface area contributed by atoms with Crippen molar-refractivity contribution in [1.29, 1.82) is 0 Å². The van der Waals surface area contributed by atoms with Crippen LogP contribution in [0.25, 0.3) is 0 Å². The Kier molecular flexibility index (Phi) is 5.86. The lowest BCUT2D eigenvalue weighted by Gasteiger charge is -2.32. The van der Waals surface area contributed by atoms with E-state index >= 15 is 0 Å². The van der Waals surface area contributed by atoms with E-state index in [0.717, 1.165) is 37.3 Å². The van der Waals surface area contributed by atoms with Crippen LogP contribution >= 0.6 is 11.6 Å². The molecule has 4 heteroatoms. The Labute approximate surface area is 125 Å². The molecular weight excluding hydrogens is 274 g/mol. The van der Waals surface area contributed by atoms with E-state index in [9.17, 15) is 9.90 Å². The quantitative estimate of drug-likeness (QED) is 0.907. The van der Waals surface area contributed by atoms with Crippen LogP contribution in [0.15, 0.2) is 24.3 Å². The molecule has 0 spiro atoms. The van der Waals surface area contributed by atoms with Crippen molar-refractivity contribution in [3.63, 3.8) is 0 Å². The number of amides is 1. The van der Waals surface area contributed by atoms with E-state index in [1.54, 1.807) is 0 Å². The number of likely N-dealkylation sites (tertiary alicyclic amines) is 1. The first-order valence-electron chi connectivity index (χ1n) is 7.32. The Morgan fingerprint density at radius 1 is 1.45 bits per heavy atom. The topological polar surface area (TPSA) is 40.5 Å². The van der Waals surface area contributed by atoms with E-state index in [1.807, 2.05) is 29.2 Å². The van der Waals surface area contributed by atoms with Crippen molar-refractivity contribution < 1.29 is 9.90 Å². The van der Waals surface area contributed by atoms with Gasteiger partial charge in [0, 0.05) is 31.1 Å². The zero-order valence-electron chi connectivity index (χ0n) is 11.7. The largest absolute Gasteiger partial charge is 0.396 e. The van der Waals surface area contributed by atoms with E-state index in [-0.39, 0.29) is 18.4 Å². The molecule has 1 fully saturated rings. The summed E-state index contributed by atoms with van der Waals surface area (Å²) in [6.07, 6.45) is 4.34. The van der Waals surface area contributed by atoms with Crippen LogP contribution < -0.4 is 0 Å². The van der Waals surface area contributed by atoms with Gasteiger partial charge in [0.2, 0.25) is 5.91 Å². The minimum atomic E-state index is 0.187. The fourth-order valence-corrected chi connectivity index (χ4v) is 2.95. The molecule has 0 bridgehead atoms. The number of aliphatic hydroxyl groups is 1. The number of carbonyl (C=O) groups is 1. The molecule has 2 rings (SSSR count). The van der Waals surface area contributed by atoms with E-state index < -0.39 is 0 Å². The first-order valence-corrected chi connectivity index (χ1v) is 7.70. The number of hydrogen-bond donors (Lipinski definition) is 1. The van der Waals surface area contributed by atoms with Gasteiger partial charge in [-0.05, 0) is 49.3 Å². The van der Waals surface area contributed by atoms with Gasteiger partial charge >= 0.3 is 0 Å². The van der Waals surface area contributed by atoms with Crippen LogP contribution in [0.4, 0.5) is 0 Å². The van der Waals surface area contributed by atoms with E-state index in [1.165, 1.54) is 5.56 Å². The molecule has 0 aromatic heterocycles.